The molecule has 1 aliphatic heterocycles. The summed E-state index contributed by atoms with van der Waals surface area (Å²) in [7, 11) is 0. The molecule has 2 heterocycles. The van der Waals surface area contributed by atoms with Crippen LogP contribution in [0.4, 0.5) is 4.39 Å². The summed E-state index contributed by atoms with van der Waals surface area (Å²) >= 11 is 0. The number of benzene rings is 1. The molecule has 0 saturated carbocycles. The minimum absolute atomic E-state index is 0.0334. The second kappa shape index (κ2) is 10.3. The van der Waals surface area contributed by atoms with Gasteiger partial charge in [-0.15, -0.1) is 0 Å². The van der Waals surface area contributed by atoms with Gasteiger partial charge >= 0.3 is 0 Å². The summed E-state index contributed by atoms with van der Waals surface area (Å²) in [5.41, 5.74) is 1.52. The van der Waals surface area contributed by atoms with E-state index in [1.165, 1.54) is 12.1 Å². The molecular weight excluding hydrogens is 385 g/mol. The van der Waals surface area contributed by atoms with Gasteiger partial charge in [0.25, 0.3) is 0 Å². The second-order valence-corrected chi connectivity index (χ2v) is 8.07. The minimum Gasteiger partial charge on any atom is -0.370 e. The molecular formula is C23H28FN3O3. The first kappa shape index (κ1) is 21.9. The Morgan fingerprint density at radius 3 is 2.73 bits per heavy atom. The highest BCUT2D eigenvalue weighted by Gasteiger charge is 2.31. The van der Waals surface area contributed by atoms with Crippen LogP contribution in [0.1, 0.15) is 25.0 Å². The van der Waals surface area contributed by atoms with Gasteiger partial charge in [-0.25, -0.2) is 4.39 Å². The highest BCUT2D eigenvalue weighted by Crippen LogP contribution is 2.15. The van der Waals surface area contributed by atoms with Crippen LogP contribution in [0.2, 0.25) is 0 Å². The van der Waals surface area contributed by atoms with Crippen molar-refractivity contribution in [2.24, 2.45) is 5.92 Å². The van der Waals surface area contributed by atoms with E-state index in [0.29, 0.717) is 31.1 Å². The lowest BCUT2D eigenvalue weighted by Gasteiger charge is -2.26. The molecule has 0 unspecified atom stereocenters. The molecule has 2 aromatic rings. The van der Waals surface area contributed by atoms with Gasteiger partial charge < -0.3 is 14.5 Å². The van der Waals surface area contributed by atoms with E-state index >= 15 is 0 Å². The molecule has 1 aromatic heterocycles. The van der Waals surface area contributed by atoms with Crippen LogP contribution >= 0.6 is 0 Å². The van der Waals surface area contributed by atoms with Gasteiger partial charge in [0.15, 0.2) is 0 Å². The van der Waals surface area contributed by atoms with E-state index in [-0.39, 0.29) is 43.3 Å². The fourth-order valence-corrected chi connectivity index (χ4v) is 3.52. The molecule has 6 nitrogen and oxygen atoms in total. The number of carbonyl (C=O) groups excluding carboxylic acids is 2. The van der Waals surface area contributed by atoms with Gasteiger partial charge in [0.2, 0.25) is 11.8 Å². The number of hydrogen-bond acceptors (Lipinski definition) is 4. The first-order valence-corrected chi connectivity index (χ1v) is 10.2. The summed E-state index contributed by atoms with van der Waals surface area (Å²) in [6.45, 7) is 5.67. The normalized spacial score (nSPS) is 17.3. The molecule has 1 aliphatic rings. The predicted octanol–water partition coefficient (Wildman–Crippen LogP) is 2.68. The van der Waals surface area contributed by atoms with E-state index < -0.39 is 0 Å². The zero-order chi connectivity index (χ0) is 21.5. The summed E-state index contributed by atoms with van der Waals surface area (Å²) in [5, 5.41) is 0. The van der Waals surface area contributed by atoms with Crippen molar-refractivity contribution in [1.82, 2.24) is 14.8 Å². The molecule has 0 radical (unpaired) electrons. The van der Waals surface area contributed by atoms with E-state index in [9.17, 15) is 14.0 Å². The fraction of sp³-hybridized carbons (Fsp3) is 0.435. The largest absolute Gasteiger partial charge is 0.370 e. The van der Waals surface area contributed by atoms with Gasteiger partial charge in [0, 0.05) is 32.0 Å². The van der Waals surface area contributed by atoms with Crippen LogP contribution < -0.4 is 0 Å². The fourth-order valence-electron chi connectivity index (χ4n) is 3.52. The molecule has 7 heteroatoms. The van der Waals surface area contributed by atoms with Crippen LogP contribution in [0, 0.1) is 11.7 Å². The topological polar surface area (TPSA) is 62.7 Å². The first-order chi connectivity index (χ1) is 14.4. The van der Waals surface area contributed by atoms with Crippen LogP contribution in [-0.2, 0) is 27.4 Å². The summed E-state index contributed by atoms with van der Waals surface area (Å²) in [6, 6.07) is 9.87. The number of aromatic nitrogens is 1. The smallest absolute Gasteiger partial charge is 0.242 e. The maximum Gasteiger partial charge on any atom is 0.242 e. The Labute approximate surface area is 176 Å². The lowest BCUT2D eigenvalue weighted by Crippen LogP contribution is -2.41. The summed E-state index contributed by atoms with van der Waals surface area (Å²) in [6.07, 6.45) is 3.14. The van der Waals surface area contributed by atoms with E-state index in [4.69, 9.17) is 4.74 Å². The molecule has 2 amide bonds. The number of ether oxygens (including phenoxy) is 1. The van der Waals surface area contributed by atoms with E-state index in [2.05, 4.69) is 4.98 Å². The van der Waals surface area contributed by atoms with Crippen LogP contribution in [0.5, 0.6) is 0 Å². The number of carbonyl (C=O) groups is 2. The van der Waals surface area contributed by atoms with E-state index in [0.717, 1.165) is 5.56 Å². The lowest BCUT2D eigenvalue weighted by atomic mass is 10.2. The van der Waals surface area contributed by atoms with Gasteiger partial charge in [-0.1, -0.05) is 32.0 Å². The van der Waals surface area contributed by atoms with Crippen molar-refractivity contribution in [3.8, 4) is 0 Å². The Bertz CT molecular complexity index is 860. The number of halogens is 1. The zero-order valence-corrected chi connectivity index (χ0v) is 17.5. The van der Waals surface area contributed by atoms with Crippen molar-refractivity contribution in [2.75, 3.05) is 26.2 Å². The van der Waals surface area contributed by atoms with E-state index in [1.807, 2.05) is 19.9 Å². The molecule has 0 spiro atoms. The van der Waals surface area contributed by atoms with Crippen molar-refractivity contribution >= 4 is 11.8 Å². The predicted molar refractivity (Wildman–Crippen MR) is 111 cm³/mol. The quantitative estimate of drug-likeness (QED) is 0.700. The van der Waals surface area contributed by atoms with Crippen molar-refractivity contribution in [3.63, 3.8) is 0 Å². The Kier molecular flexibility index (Phi) is 7.52. The highest BCUT2D eigenvalue weighted by atomic mass is 19.1. The van der Waals surface area contributed by atoms with Gasteiger partial charge in [-0.3, -0.25) is 14.6 Å². The Morgan fingerprint density at radius 2 is 2.03 bits per heavy atom. The molecule has 0 bridgehead atoms. The molecule has 3 rings (SSSR count). The SMILES string of the molecule is CC(C)CN1C[C@@H](OCc2cccc(F)c2)CN(C(=O)Cc2cccnc2)CC1=O. The molecule has 30 heavy (non-hydrogen) atoms. The van der Waals surface area contributed by atoms with Crippen LogP contribution in [0.25, 0.3) is 0 Å². The zero-order valence-electron chi connectivity index (χ0n) is 17.5. The molecule has 0 N–H and O–H groups in total. The number of rotatable bonds is 7. The minimum atomic E-state index is -0.351. The Hall–Kier alpha value is -2.80. The van der Waals surface area contributed by atoms with E-state index in [1.54, 1.807) is 40.4 Å². The molecule has 1 fully saturated rings. The molecule has 1 saturated heterocycles. The van der Waals surface area contributed by atoms with Gasteiger partial charge in [0.05, 0.1) is 25.7 Å². The van der Waals surface area contributed by atoms with Gasteiger partial charge in [-0.2, -0.15) is 0 Å². The van der Waals surface area contributed by atoms with Crippen molar-refractivity contribution < 1.29 is 18.7 Å². The third kappa shape index (κ3) is 6.35. The van der Waals surface area contributed by atoms with Crippen molar-refractivity contribution in [2.45, 2.75) is 33.0 Å². The van der Waals surface area contributed by atoms with Gasteiger partial charge in [0.1, 0.15) is 5.82 Å². The molecule has 1 aromatic carbocycles. The maximum atomic E-state index is 13.5. The van der Waals surface area contributed by atoms with Gasteiger partial charge in [-0.05, 0) is 35.2 Å². The average molecular weight is 413 g/mol. The lowest BCUT2D eigenvalue weighted by molar-refractivity contribution is -0.138. The van der Waals surface area contributed by atoms with Crippen LogP contribution in [-0.4, -0.2) is 58.9 Å². The summed E-state index contributed by atoms with van der Waals surface area (Å²) in [4.78, 5) is 33.0. The molecule has 0 aliphatic carbocycles. The number of hydrogen-bond donors (Lipinski definition) is 0. The molecule has 160 valence electrons. The van der Waals surface area contributed by atoms with Crippen LogP contribution in [0.15, 0.2) is 48.8 Å². The third-order valence-electron chi connectivity index (χ3n) is 4.92. The third-order valence-corrected chi connectivity index (χ3v) is 4.92. The average Bonchev–Trinajstić information content (AvgIpc) is 2.86. The highest BCUT2D eigenvalue weighted by molar-refractivity contribution is 5.86. The van der Waals surface area contributed by atoms with Crippen molar-refractivity contribution in [1.29, 1.82) is 0 Å². The number of pyridine rings is 1. The standard InChI is InChI=1S/C23H28FN3O3/c1-17(2)12-26-13-21(30-16-19-5-3-7-20(24)9-19)14-27(15-23(26)29)22(28)10-18-6-4-8-25-11-18/h3-9,11,17,21H,10,12-16H2,1-2H3/t21-/m1/s1. The summed E-state index contributed by atoms with van der Waals surface area (Å²) in [5.74, 6) is -0.237. The molecule has 1 atom stereocenters. The Morgan fingerprint density at radius 1 is 1.23 bits per heavy atom. The second-order valence-electron chi connectivity index (χ2n) is 8.07. The van der Waals surface area contributed by atoms with Crippen LogP contribution in [0.3, 0.4) is 0 Å². The monoisotopic (exact) mass is 413 g/mol. The number of nitrogens with zero attached hydrogens (tertiary/aromatic N) is 3. The van der Waals surface area contributed by atoms with Crippen molar-refractivity contribution in [3.05, 3.63) is 65.7 Å². The maximum absolute atomic E-state index is 13.5. The number of amides is 2. The first-order valence-electron chi connectivity index (χ1n) is 10.2. The Balaban J connectivity index is 1.71. The summed E-state index contributed by atoms with van der Waals surface area (Å²) < 4.78 is 19.5.